The Morgan fingerprint density at radius 1 is 1.36 bits per heavy atom. The number of hydrogen-bond donors (Lipinski definition) is 2. The van der Waals surface area contributed by atoms with Gasteiger partial charge in [-0.2, -0.15) is 0 Å². The molecule has 2 N–H and O–H groups in total. The average Bonchev–Trinajstić information content (AvgIpc) is 3.17. The molecule has 4 rings (SSSR count). The summed E-state index contributed by atoms with van der Waals surface area (Å²) in [4.78, 5) is 14.2. The summed E-state index contributed by atoms with van der Waals surface area (Å²) in [6.45, 7) is 7.05. The lowest BCUT2D eigenvalue weighted by Gasteiger charge is -2.36. The molecular formula is C20H27N3OS. The lowest BCUT2D eigenvalue weighted by atomic mass is 9.69. The Hall–Kier alpha value is -1.75. The number of amides is 1. The van der Waals surface area contributed by atoms with Crippen molar-refractivity contribution in [2.45, 2.75) is 52.6 Å². The molecule has 0 fully saturated rings. The van der Waals surface area contributed by atoms with E-state index in [1.165, 1.54) is 23.3 Å². The minimum Gasteiger partial charge on any atom is -0.351 e. The van der Waals surface area contributed by atoms with Crippen LogP contribution in [0.1, 0.15) is 66.3 Å². The fraction of sp³-hybridized carbons (Fsp3) is 0.550. The molecule has 0 aromatic carbocycles. The molecule has 0 unspecified atom stereocenters. The van der Waals surface area contributed by atoms with Crippen molar-refractivity contribution in [2.24, 2.45) is 18.4 Å². The van der Waals surface area contributed by atoms with Gasteiger partial charge in [0.1, 0.15) is 11.2 Å². The van der Waals surface area contributed by atoms with Crippen molar-refractivity contribution in [3.05, 3.63) is 40.0 Å². The molecule has 134 valence electrons. The molecule has 0 spiro atoms. The lowest BCUT2D eigenvalue weighted by molar-refractivity contribution is 0.0933. The van der Waals surface area contributed by atoms with Crippen molar-refractivity contribution < 1.29 is 4.79 Å². The first kappa shape index (κ1) is 16.7. The number of aryl methyl sites for hydroxylation is 1. The number of nitrogens with zero attached hydrogens (tertiary/aromatic N) is 1. The van der Waals surface area contributed by atoms with E-state index in [0.717, 1.165) is 29.1 Å². The fourth-order valence-electron chi connectivity index (χ4n) is 4.18. The van der Waals surface area contributed by atoms with Crippen LogP contribution in [0, 0.1) is 11.3 Å². The zero-order valence-electron chi connectivity index (χ0n) is 15.5. The quantitative estimate of drug-likeness (QED) is 0.851. The molecule has 0 bridgehead atoms. The maximum absolute atomic E-state index is 12.8. The molecule has 2 atom stereocenters. The van der Waals surface area contributed by atoms with Gasteiger partial charge in [-0.05, 0) is 48.3 Å². The highest BCUT2D eigenvalue weighted by Gasteiger charge is 2.37. The number of hydrogen-bond acceptors (Lipinski definition) is 3. The number of fused-ring (bicyclic) bond motifs is 3. The van der Waals surface area contributed by atoms with Gasteiger partial charge in [-0.15, -0.1) is 11.3 Å². The highest BCUT2D eigenvalue weighted by atomic mass is 32.1. The molecule has 2 aromatic heterocycles. The highest BCUT2D eigenvalue weighted by Crippen LogP contribution is 2.46. The van der Waals surface area contributed by atoms with Crippen molar-refractivity contribution in [3.8, 4) is 0 Å². The van der Waals surface area contributed by atoms with E-state index in [-0.39, 0.29) is 12.1 Å². The van der Waals surface area contributed by atoms with Crippen LogP contribution in [0.15, 0.2) is 18.3 Å². The Labute approximate surface area is 153 Å². The summed E-state index contributed by atoms with van der Waals surface area (Å²) >= 11 is 1.80. The minimum atomic E-state index is -0.150. The van der Waals surface area contributed by atoms with Gasteiger partial charge < -0.3 is 15.2 Å². The maximum atomic E-state index is 12.8. The number of carbonyl (C=O) groups excluding carboxylic acids is 1. The third-order valence-corrected chi connectivity index (χ3v) is 7.52. The molecule has 2 aliphatic rings. The molecule has 0 saturated carbocycles. The summed E-state index contributed by atoms with van der Waals surface area (Å²) < 4.78 is 2.05. The molecule has 5 heteroatoms. The summed E-state index contributed by atoms with van der Waals surface area (Å²) in [5.74, 6) is 0.780. The molecular weight excluding hydrogens is 330 g/mol. The van der Waals surface area contributed by atoms with Crippen LogP contribution in [0.4, 0.5) is 5.00 Å². The summed E-state index contributed by atoms with van der Waals surface area (Å²) in [7, 11) is 2.01. The third kappa shape index (κ3) is 2.69. The van der Waals surface area contributed by atoms with Gasteiger partial charge in [0, 0.05) is 18.1 Å². The fourth-order valence-corrected chi connectivity index (χ4v) is 5.53. The number of rotatable bonds is 3. The number of carbonyl (C=O) groups is 1. The summed E-state index contributed by atoms with van der Waals surface area (Å²) in [5, 5.41) is 7.75. The lowest BCUT2D eigenvalue weighted by Crippen LogP contribution is -2.39. The first-order chi connectivity index (χ1) is 11.9. The second-order valence-electron chi connectivity index (χ2n) is 8.08. The van der Waals surface area contributed by atoms with Crippen molar-refractivity contribution in [2.75, 3.05) is 5.32 Å². The molecule has 25 heavy (non-hydrogen) atoms. The van der Waals surface area contributed by atoms with Crippen molar-refractivity contribution in [3.63, 3.8) is 0 Å². The topological polar surface area (TPSA) is 46.1 Å². The SMILES string of the molecule is CCC(C)(C)[C@@H]1CCc2c(sc3c2C(=O)N[C@@H](c2cccn2C)N3)C1. The van der Waals surface area contributed by atoms with Crippen molar-refractivity contribution in [1.82, 2.24) is 9.88 Å². The van der Waals surface area contributed by atoms with Crippen LogP contribution >= 0.6 is 11.3 Å². The predicted molar refractivity (Wildman–Crippen MR) is 103 cm³/mol. The van der Waals surface area contributed by atoms with E-state index in [2.05, 4.69) is 42.0 Å². The number of nitrogens with one attached hydrogen (secondary N) is 2. The van der Waals surface area contributed by atoms with E-state index in [0.29, 0.717) is 11.3 Å². The monoisotopic (exact) mass is 357 g/mol. The van der Waals surface area contributed by atoms with E-state index in [1.807, 2.05) is 19.3 Å². The first-order valence-corrected chi connectivity index (χ1v) is 10.1. The Morgan fingerprint density at radius 3 is 2.84 bits per heavy atom. The number of aromatic nitrogens is 1. The van der Waals surface area contributed by atoms with Crippen molar-refractivity contribution >= 4 is 22.2 Å². The smallest absolute Gasteiger partial charge is 0.256 e. The minimum absolute atomic E-state index is 0.0747. The van der Waals surface area contributed by atoms with E-state index < -0.39 is 0 Å². The van der Waals surface area contributed by atoms with Crippen molar-refractivity contribution in [1.29, 1.82) is 0 Å². The molecule has 0 saturated heterocycles. The van der Waals surface area contributed by atoms with Gasteiger partial charge in [0.15, 0.2) is 0 Å². The van der Waals surface area contributed by atoms with E-state index in [4.69, 9.17) is 0 Å². The van der Waals surface area contributed by atoms with Crippen LogP contribution in [-0.4, -0.2) is 10.5 Å². The van der Waals surface area contributed by atoms with E-state index in [1.54, 1.807) is 11.3 Å². The molecule has 4 nitrogen and oxygen atoms in total. The molecule has 3 heterocycles. The average molecular weight is 358 g/mol. The van der Waals surface area contributed by atoms with Crippen LogP contribution in [0.2, 0.25) is 0 Å². The largest absolute Gasteiger partial charge is 0.351 e. The second-order valence-corrected chi connectivity index (χ2v) is 9.19. The Balaban J connectivity index is 1.65. The summed E-state index contributed by atoms with van der Waals surface area (Å²) in [6.07, 6.45) is 6.38. The van der Waals surface area contributed by atoms with Gasteiger partial charge in [0.25, 0.3) is 5.91 Å². The zero-order chi connectivity index (χ0) is 17.8. The van der Waals surface area contributed by atoms with Crippen LogP contribution < -0.4 is 10.6 Å². The predicted octanol–water partition coefficient (Wildman–Crippen LogP) is 4.48. The Morgan fingerprint density at radius 2 is 2.16 bits per heavy atom. The Kier molecular flexibility index (Phi) is 3.95. The third-order valence-electron chi connectivity index (χ3n) is 6.34. The number of anilines is 1. The standard InChI is InChI=1S/C20H27N3OS/c1-5-20(2,3)12-8-9-13-15(11-12)25-19-16(13)18(24)21-17(22-19)14-7-6-10-23(14)4/h6-7,10,12,17,22H,5,8-9,11H2,1-4H3,(H,21,24)/t12-,17-/m1/s1. The molecule has 1 aliphatic carbocycles. The zero-order valence-corrected chi connectivity index (χ0v) is 16.3. The van der Waals surface area contributed by atoms with Gasteiger partial charge in [-0.1, -0.05) is 27.2 Å². The molecule has 1 aliphatic heterocycles. The molecule has 1 amide bonds. The first-order valence-electron chi connectivity index (χ1n) is 9.24. The maximum Gasteiger partial charge on any atom is 0.256 e. The molecule has 0 radical (unpaired) electrons. The van der Waals surface area contributed by atoms with Crippen LogP contribution in [0.5, 0.6) is 0 Å². The van der Waals surface area contributed by atoms with E-state index in [9.17, 15) is 4.79 Å². The van der Waals surface area contributed by atoms with Crippen LogP contribution in [-0.2, 0) is 19.9 Å². The van der Waals surface area contributed by atoms with Gasteiger partial charge in [-0.3, -0.25) is 4.79 Å². The van der Waals surface area contributed by atoms with Gasteiger partial charge >= 0.3 is 0 Å². The molecule has 2 aromatic rings. The normalized spacial score (nSPS) is 22.8. The van der Waals surface area contributed by atoms with E-state index >= 15 is 0 Å². The van der Waals surface area contributed by atoms with Gasteiger partial charge in [0.05, 0.1) is 11.3 Å². The highest BCUT2D eigenvalue weighted by molar-refractivity contribution is 7.16. The van der Waals surface area contributed by atoms with Gasteiger partial charge in [-0.25, -0.2) is 0 Å². The van der Waals surface area contributed by atoms with Gasteiger partial charge in [0.2, 0.25) is 0 Å². The van der Waals surface area contributed by atoms with Crippen LogP contribution in [0.3, 0.4) is 0 Å². The Bertz CT molecular complexity index is 817. The number of thiophene rings is 1. The second kappa shape index (κ2) is 5.90. The van der Waals surface area contributed by atoms with Crippen LogP contribution in [0.25, 0.3) is 0 Å². The summed E-state index contributed by atoms with van der Waals surface area (Å²) in [5.41, 5.74) is 3.63. The summed E-state index contributed by atoms with van der Waals surface area (Å²) in [6, 6.07) is 4.06.